The molecule has 0 rings (SSSR count). The van der Waals surface area contributed by atoms with Gasteiger partial charge >= 0.3 is 5.97 Å². The number of unbranched alkanes of at least 4 members (excludes halogenated alkanes) is 5. The number of hydrogen-bond donors (Lipinski definition) is 1. The average Bonchev–Trinajstić information content (AvgIpc) is 2.25. The summed E-state index contributed by atoms with van der Waals surface area (Å²) in [6, 6.07) is 0. The number of allylic oxidation sites excluding steroid dienone is 4. The van der Waals surface area contributed by atoms with Gasteiger partial charge in [-0.25, -0.2) is 0 Å². The van der Waals surface area contributed by atoms with Gasteiger partial charge in [0.25, 0.3) is 0 Å². The second-order valence-electron chi connectivity index (χ2n) is 3.98. The van der Waals surface area contributed by atoms with E-state index in [2.05, 4.69) is 24.3 Å². The van der Waals surface area contributed by atoms with Crippen molar-refractivity contribution in [2.75, 3.05) is 0 Å². The highest BCUT2D eigenvalue weighted by Gasteiger charge is 1.95. The molecule has 0 aromatic heterocycles. The summed E-state index contributed by atoms with van der Waals surface area (Å²) in [5.74, 6) is -0.674. The Bertz CT molecular complexity index is 217. The normalized spacial score (nSPS) is 11.6. The van der Waals surface area contributed by atoms with Crippen molar-refractivity contribution in [1.29, 1.82) is 0 Å². The molecule has 0 heterocycles. The predicted molar refractivity (Wildman–Crippen MR) is 68.5 cm³/mol. The lowest BCUT2D eigenvalue weighted by Gasteiger charge is -1.97. The van der Waals surface area contributed by atoms with E-state index in [1.807, 2.05) is 6.92 Å². The molecule has 0 spiro atoms. The quantitative estimate of drug-likeness (QED) is 0.443. The molecule has 0 aromatic rings. The van der Waals surface area contributed by atoms with E-state index in [1.165, 1.54) is 12.8 Å². The van der Waals surface area contributed by atoms with E-state index in [0.717, 1.165) is 32.1 Å². The maximum absolute atomic E-state index is 10.2. The van der Waals surface area contributed by atoms with Gasteiger partial charge in [0.15, 0.2) is 0 Å². The van der Waals surface area contributed by atoms with Gasteiger partial charge in [-0.05, 0) is 32.6 Å². The van der Waals surface area contributed by atoms with Gasteiger partial charge in [0.1, 0.15) is 0 Å². The zero-order valence-electron chi connectivity index (χ0n) is 10.3. The van der Waals surface area contributed by atoms with Crippen LogP contribution in [0.25, 0.3) is 0 Å². The van der Waals surface area contributed by atoms with E-state index in [4.69, 9.17) is 5.11 Å². The van der Waals surface area contributed by atoms with E-state index in [0.29, 0.717) is 6.42 Å². The standard InChI is InChI=1S/C14H24O2/c1-2-3-4-5-6-7-8-9-10-11-12-13-14(15)16/h2-3,5-6H,4,7-13H2,1H3,(H,15,16)/b3-2+,6-5+. The lowest BCUT2D eigenvalue weighted by atomic mass is 10.1. The Morgan fingerprint density at radius 2 is 1.69 bits per heavy atom. The van der Waals surface area contributed by atoms with Crippen LogP contribution in [0.5, 0.6) is 0 Å². The average molecular weight is 224 g/mol. The molecule has 0 saturated carbocycles. The Morgan fingerprint density at radius 1 is 1.00 bits per heavy atom. The summed E-state index contributed by atoms with van der Waals surface area (Å²) >= 11 is 0. The number of rotatable bonds is 10. The van der Waals surface area contributed by atoms with Gasteiger partial charge in [-0.1, -0.05) is 43.6 Å². The van der Waals surface area contributed by atoms with Crippen LogP contribution in [0.4, 0.5) is 0 Å². The molecule has 92 valence electrons. The highest BCUT2D eigenvalue weighted by molar-refractivity contribution is 5.66. The SMILES string of the molecule is C/C=C/C/C=C/CCCCCCCC(=O)O. The van der Waals surface area contributed by atoms with Crippen LogP contribution in [0, 0.1) is 0 Å². The van der Waals surface area contributed by atoms with Gasteiger partial charge in [-0.3, -0.25) is 4.79 Å². The van der Waals surface area contributed by atoms with E-state index in [-0.39, 0.29) is 0 Å². The molecular formula is C14H24O2. The molecule has 0 aromatic carbocycles. The van der Waals surface area contributed by atoms with Gasteiger partial charge in [-0.2, -0.15) is 0 Å². The van der Waals surface area contributed by atoms with Crippen molar-refractivity contribution in [3.05, 3.63) is 24.3 Å². The van der Waals surface area contributed by atoms with Crippen molar-refractivity contribution in [3.8, 4) is 0 Å². The van der Waals surface area contributed by atoms with Crippen molar-refractivity contribution in [3.63, 3.8) is 0 Å². The van der Waals surface area contributed by atoms with E-state index in [1.54, 1.807) is 0 Å². The summed E-state index contributed by atoms with van der Waals surface area (Å²) in [6.45, 7) is 2.03. The third-order valence-corrected chi connectivity index (χ3v) is 2.44. The highest BCUT2D eigenvalue weighted by Crippen LogP contribution is 2.07. The summed E-state index contributed by atoms with van der Waals surface area (Å²) < 4.78 is 0. The monoisotopic (exact) mass is 224 g/mol. The first-order valence-electron chi connectivity index (χ1n) is 6.25. The molecule has 16 heavy (non-hydrogen) atoms. The first-order valence-corrected chi connectivity index (χ1v) is 6.25. The van der Waals surface area contributed by atoms with Crippen molar-refractivity contribution in [1.82, 2.24) is 0 Å². The van der Waals surface area contributed by atoms with Crippen molar-refractivity contribution in [2.45, 2.75) is 58.3 Å². The molecule has 2 nitrogen and oxygen atoms in total. The molecule has 0 atom stereocenters. The molecule has 2 heteroatoms. The molecule has 0 fully saturated rings. The van der Waals surface area contributed by atoms with Crippen LogP contribution in [0.15, 0.2) is 24.3 Å². The summed E-state index contributed by atoms with van der Waals surface area (Å²) in [7, 11) is 0. The minimum Gasteiger partial charge on any atom is -0.481 e. The smallest absolute Gasteiger partial charge is 0.303 e. The molecule has 0 radical (unpaired) electrons. The lowest BCUT2D eigenvalue weighted by Crippen LogP contribution is -1.93. The summed E-state index contributed by atoms with van der Waals surface area (Å²) in [6.07, 6.45) is 16.6. The zero-order chi connectivity index (χ0) is 12.1. The number of carboxylic acid groups (broad SMARTS) is 1. The number of carbonyl (C=O) groups is 1. The first-order chi connectivity index (χ1) is 7.77. The minimum absolute atomic E-state index is 0.323. The number of aliphatic carboxylic acids is 1. The first kappa shape index (κ1) is 14.9. The zero-order valence-corrected chi connectivity index (χ0v) is 10.3. The minimum atomic E-state index is -0.674. The van der Waals surface area contributed by atoms with Gasteiger partial charge < -0.3 is 5.11 Å². The molecule has 1 N–H and O–H groups in total. The Morgan fingerprint density at radius 3 is 2.38 bits per heavy atom. The highest BCUT2D eigenvalue weighted by atomic mass is 16.4. The Hall–Kier alpha value is -1.05. The lowest BCUT2D eigenvalue weighted by molar-refractivity contribution is -0.137. The van der Waals surface area contributed by atoms with Gasteiger partial charge in [0, 0.05) is 6.42 Å². The molecule has 0 saturated heterocycles. The third-order valence-electron chi connectivity index (χ3n) is 2.44. The topological polar surface area (TPSA) is 37.3 Å². The molecule has 0 aliphatic carbocycles. The summed E-state index contributed by atoms with van der Waals surface area (Å²) in [4.78, 5) is 10.2. The fourth-order valence-electron chi connectivity index (χ4n) is 1.50. The van der Waals surface area contributed by atoms with E-state index in [9.17, 15) is 4.79 Å². The van der Waals surface area contributed by atoms with E-state index < -0.39 is 5.97 Å². The molecule has 0 aliphatic heterocycles. The van der Waals surface area contributed by atoms with Crippen molar-refractivity contribution < 1.29 is 9.90 Å². The Balaban J connectivity index is 3.09. The second-order valence-corrected chi connectivity index (χ2v) is 3.98. The van der Waals surface area contributed by atoms with Crippen LogP contribution in [0.3, 0.4) is 0 Å². The van der Waals surface area contributed by atoms with Gasteiger partial charge in [0.05, 0.1) is 0 Å². The number of hydrogen-bond acceptors (Lipinski definition) is 1. The third kappa shape index (κ3) is 12.9. The van der Waals surface area contributed by atoms with Crippen LogP contribution in [-0.4, -0.2) is 11.1 Å². The maximum Gasteiger partial charge on any atom is 0.303 e. The van der Waals surface area contributed by atoms with Crippen LogP contribution >= 0.6 is 0 Å². The fraction of sp³-hybridized carbons (Fsp3) is 0.643. The largest absolute Gasteiger partial charge is 0.481 e. The maximum atomic E-state index is 10.2. The predicted octanol–water partition coefficient (Wildman–Crippen LogP) is 4.32. The van der Waals surface area contributed by atoms with Crippen LogP contribution in [0.2, 0.25) is 0 Å². The fourth-order valence-corrected chi connectivity index (χ4v) is 1.50. The summed E-state index contributed by atoms with van der Waals surface area (Å²) in [5, 5.41) is 8.44. The molecular weight excluding hydrogens is 200 g/mol. The molecule has 0 bridgehead atoms. The summed E-state index contributed by atoms with van der Waals surface area (Å²) in [5.41, 5.74) is 0. The van der Waals surface area contributed by atoms with Crippen LogP contribution in [0.1, 0.15) is 58.3 Å². The van der Waals surface area contributed by atoms with E-state index >= 15 is 0 Å². The van der Waals surface area contributed by atoms with Gasteiger partial charge in [0.2, 0.25) is 0 Å². The van der Waals surface area contributed by atoms with Crippen LogP contribution in [-0.2, 0) is 4.79 Å². The Labute approximate surface area is 99.1 Å². The number of carboxylic acids is 1. The molecule has 0 aliphatic rings. The Kier molecular flexibility index (Phi) is 11.2. The van der Waals surface area contributed by atoms with Crippen molar-refractivity contribution >= 4 is 5.97 Å². The van der Waals surface area contributed by atoms with Crippen LogP contribution < -0.4 is 0 Å². The van der Waals surface area contributed by atoms with Gasteiger partial charge in [-0.15, -0.1) is 0 Å². The molecule has 0 amide bonds. The second kappa shape index (κ2) is 12.0. The van der Waals surface area contributed by atoms with Crippen molar-refractivity contribution in [2.24, 2.45) is 0 Å². The molecule has 0 unspecified atom stereocenters.